The zero-order valence-corrected chi connectivity index (χ0v) is 20.7. The van der Waals surface area contributed by atoms with Gasteiger partial charge in [0.15, 0.2) is 0 Å². The molecule has 3 aromatic rings. The number of amides is 2. The normalized spacial score (nSPS) is 14.4. The van der Waals surface area contributed by atoms with Gasteiger partial charge in [-0.15, -0.1) is 0 Å². The van der Waals surface area contributed by atoms with E-state index in [0.717, 1.165) is 37.2 Å². The van der Waals surface area contributed by atoms with E-state index in [4.69, 9.17) is 19.9 Å². The predicted octanol–water partition coefficient (Wildman–Crippen LogP) is 4.56. The fourth-order valence-electron chi connectivity index (χ4n) is 4.06. The third-order valence-corrected chi connectivity index (χ3v) is 6.21. The Morgan fingerprint density at radius 3 is 2.41 bits per heavy atom. The van der Waals surface area contributed by atoms with Crippen molar-refractivity contribution in [2.24, 2.45) is 11.7 Å². The molecule has 1 fully saturated rings. The van der Waals surface area contributed by atoms with E-state index >= 15 is 0 Å². The van der Waals surface area contributed by atoms with E-state index in [-0.39, 0.29) is 6.61 Å². The molecule has 1 aliphatic heterocycles. The van der Waals surface area contributed by atoms with Crippen molar-refractivity contribution in [1.82, 2.24) is 5.32 Å². The Hall–Kier alpha value is -3.88. The first-order valence-corrected chi connectivity index (χ1v) is 12.5. The third-order valence-electron chi connectivity index (χ3n) is 6.21. The Bertz CT molecular complexity index is 1150. The van der Waals surface area contributed by atoms with E-state index in [2.05, 4.69) is 10.6 Å². The van der Waals surface area contributed by atoms with Crippen LogP contribution in [0.1, 0.15) is 35.6 Å². The highest BCUT2D eigenvalue weighted by atomic mass is 16.5. The summed E-state index contributed by atoms with van der Waals surface area (Å²) in [4.78, 5) is 25.9. The number of nitrogens with two attached hydrogens (primary N) is 1. The fourth-order valence-corrected chi connectivity index (χ4v) is 4.06. The van der Waals surface area contributed by atoms with Gasteiger partial charge >= 0.3 is 6.09 Å². The maximum atomic E-state index is 13.3. The van der Waals surface area contributed by atoms with Crippen LogP contribution in [0.2, 0.25) is 0 Å². The van der Waals surface area contributed by atoms with Gasteiger partial charge in [0.2, 0.25) is 0 Å². The molecular formula is C29H33N3O5. The summed E-state index contributed by atoms with van der Waals surface area (Å²) in [6, 6.07) is 22.8. The first kappa shape index (κ1) is 26.2. The first-order valence-electron chi connectivity index (χ1n) is 12.5. The van der Waals surface area contributed by atoms with Gasteiger partial charge in [-0.1, -0.05) is 54.6 Å². The van der Waals surface area contributed by atoms with Crippen molar-refractivity contribution in [3.05, 3.63) is 95.6 Å². The van der Waals surface area contributed by atoms with Gasteiger partial charge in [-0.3, -0.25) is 4.79 Å². The number of alkyl carbamates (subject to hydrolysis) is 1. The number of hydrogen-bond donors (Lipinski definition) is 3. The zero-order chi connectivity index (χ0) is 25.9. The van der Waals surface area contributed by atoms with Crippen LogP contribution in [0.15, 0.2) is 78.9 Å². The molecule has 194 valence electrons. The van der Waals surface area contributed by atoms with Gasteiger partial charge in [0.05, 0.1) is 6.61 Å². The molecule has 8 nitrogen and oxygen atoms in total. The summed E-state index contributed by atoms with van der Waals surface area (Å²) in [6.07, 6.45) is 1.28. The Morgan fingerprint density at radius 1 is 0.946 bits per heavy atom. The number of ether oxygens (including phenoxy) is 3. The molecule has 1 atom stereocenters. The maximum absolute atomic E-state index is 13.3. The molecule has 0 aromatic heterocycles. The largest absolute Gasteiger partial charge is 0.493 e. The molecule has 0 spiro atoms. The van der Waals surface area contributed by atoms with Crippen molar-refractivity contribution >= 4 is 17.7 Å². The first-order chi connectivity index (χ1) is 18.1. The second-order valence-corrected chi connectivity index (χ2v) is 8.97. The summed E-state index contributed by atoms with van der Waals surface area (Å²) in [6.45, 7) is 2.60. The molecule has 0 aliphatic carbocycles. The molecule has 37 heavy (non-hydrogen) atoms. The van der Waals surface area contributed by atoms with E-state index in [1.807, 2.05) is 42.5 Å². The Kier molecular flexibility index (Phi) is 9.51. The van der Waals surface area contributed by atoms with Gasteiger partial charge in [-0.2, -0.15) is 0 Å². The summed E-state index contributed by atoms with van der Waals surface area (Å²) in [5.41, 5.74) is 8.66. The molecule has 4 rings (SSSR count). The zero-order valence-electron chi connectivity index (χ0n) is 20.7. The van der Waals surface area contributed by atoms with Crippen molar-refractivity contribution in [3.63, 3.8) is 0 Å². The monoisotopic (exact) mass is 503 g/mol. The summed E-state index contributed by atoms with van der Waals surface area (Å²) >= 11 is 0. The number of nitrogens with one attached hydrogen (secondary N) is 2. The highest BCUT2D eigenvalue weighted by Crippen LogP contribution is 2.22. The van der Waals surface area contributed by atoms with Gasteiger partial charge in [0.1, 0.15) is 18.4 Å². The standard InChI is InChI=1S/C29H33N3O5/c30-18-23-7-4-8-25(17-23)31-28(33)27(32-29(34)37-20-21-5-2-1-3-6-21)24-9-11-26(12-10-24)36-19-22-13-15-35-16-14-22/h1-12,17,22,27H,13-16,18-20,30H2,(H,31,33)(H,32,34)/t27-/m0/s1. The minimum Gasteiger partial charge on any atom is -0.493 e. The number of benzene rings is 3. The molecule has 0 saturated carbocycles. The Balaban J connectivity index is 1.44. The smallest absolute Gasteiger partial charge is 0.408 e. The van der Waals surface area contributed by atoms with Gasteiger partial charge < -0.3 is 30.6 Å². The molecule has 3 aromatic carbocycles. The topological polar surface area (TPSA) is 112 Å². The van der Waals surface area contributed by atoms with Crippen LogP contribution >= 0.6 is 0 Å². The van der Waals surface area contributed by atoms with Crippen LogP contribution in [0.5, 0.6) is 5.75 Å². The molecule has 0 bridgehead atoms. The molecule has 0 unspecified atom stereocenters. The van der Waals surface area contributed by atoms with Crippen molar-refractivity contribution in [1.29, 1.82) is 0 Å². The summed E-state index contributed by atoms with van der Waals surface area (Å²) < 4.78 is 16.7. The van der Waals surface area contributed by atoms with Crippen LogP contribution in [0.25, 0.3) is 0 Å². The van der Waals surface area contributed by atoms with E-state index in [0.29, 0.717) is 36.1 Å². The van der Waals surface area contributed by atoms with Crippen molar-refractivity contribution in [2.75, 3.05) is 25.1 Å². The molecule has 4 N–H and O–H groups in total. The quantitative estimate of drug-likeness (QED) is 0.374. The molecular weight excluding hydrogens is 470 g/mol. The lowest BCUT2D eigenvalue weighted by Crippen LogP contribution is -2.37. The molecule has 1 aliphatic rings. The number of anilines is 1. The molecule has 1 saturated heterocycles. The number of carbonyl (C=O) groups is 2. The highest BCUT2D eigenvalue weighted by Gasteiger charge is 2.24. The van der Waals surface area contributed by atoms with Crippen molar-refractivity contribution < 1.29 is 23.8 Å². The number of hydrogen-bond acceptors (Lipinski definition) is 6. The van der Waals surface area contributed by atoms with Gasteiger partial charge in [0.25, 0.3) is 5.91 Å². The van der Waals surface area contributed by atoms with Crippen LogP contribution in [-0.2, 0) is 27.4 Å². The minimum absolute atomic E-state index is 0.0958. The van der Waals surface area contributed by atoms with Crippen LogP contribution in [0, 0.1) is 5.92 Å². The third kappa shape index (κ3) is 8.06. The van der Waals surface area contributed by atoms with Crippen LogP contribution < -0.4 is 21.1 Å². The minimum atomic E-state index is -0.977. The van der Waals surface area contributed by atoms with E-state index < -0.39 is 18.0 Å². The van der Waals surface area contributed by atoms with Crippen molar-refractivity contribution in [2.45, 2.75) is 32.0 Å². The molecule has 0 radical (unpaired) electrons. The Morgan fingerprint density at radius 2 is 1.68 bits per heavy atom. The average Bonchev–Trinajstić information content (AvgIpc) is 2.95. The molecule has 2 amide bonds. The lowest BCUT2D eigenvalue weighted by molar-refractivity contribution is -0.118. The number of rotatable bonds is 10. The highest BCUT2D eigenvalue weighted by molar-refractivity contribution is 5.97. The van der Waals surface area contributed by atoms with E-state index in [1.54, 1.807) is 36.4 Å². The second kappa shape index (κ2) is 13.4. The summed E-state index contributed by atoms with van der Waals surface area (Å²) in [7, 11) is 0. The molecule has 8 heteroatoms. The lowest BCUT2D eigenvalue weighted by atomic mass is 10.0. The Labute approximate surface area is 217 Å². The maximum Gasteiger partial charge on any atom is 0.408 e. The second-order valence-electron chi connectivity index (χ2n) is 8.97. The van der Waals surface area contributed by atoms with Crippen molar-refractivity contribution in [3.8, 4) is 5.75 Å². The van der Waals surface area contributed by atoms with E-state index in [9.17, 15) is 9.59 Å². The van der Waals surface area contributed by atoms with Crippen LogP contribution in [0.3, 0.4) is 0 Å². The fraction of sp³-hybridized carbons (Fsp3) is 0.310. The summed E-state index contributed by atoms with van der Waals surface area (Å²) in [5.74, 6) is 0.774. The molecule has 1 heterocycles. The predicted molar refractivity (Wildman–Crippen MR) is 141 cm³/mol. The van der Waals surface area contributed by atoms with Crippen LogP contribution in [0.4, 0.5) is 10.5 Å². The van der Waals surface area contributed by atoms with Gasteiger partial charge in [-0.25, -0.2) is 4.79 Å². The van der Waals surface area contributed by atoms with Gasteiger partial charge in [0, 0.05) is 25.4 Å². The average molecular weight is 504 g/mol. The SMILES string of the molecule is NCc1cccc(NC(=O)[C@@H](NC(=O)OCc2ccccc2)c2ccc(OCC3CCOCC3)cc2)c1. The number of carbonyl (C=O) groups excluding carboxylic acids is 2. The van der Waals surface area contributed by atoms with E-state index in [1.165, 1.54) is 0 Å². The van der Waals surface area contributed by atoms with Crippen LogP contribution in [-0.4, -0.2) is 31.8 Å². The van der Waals surface area contributed by atoms with Gasteiger partial charge in [-0.05, 0) is 59.7 Å². The summed E-state index contributed by atoms with van der Waals surface area (Å²) in [5, 5.41) is 5.57. The lowest BCUT2D eigenvalue weighted by Gasteiger charge is -2.22.